The van der Waals surface area contributed by atoms with Gasteiger partial charge >= 0.3 is 0 Å². The topological polar surface area (TPSA) is 108 Å². The fraction of sp³-hybridized carbons (Fsp3) is 0.375. The molecule has 0 saturated carbocycles. The minimum absolute atomic E-state index is 0.0426. The summed E-state index contributed by atoms with van der Waals surface area (Å²) in [6.07, 6.45) is 2.49. The van der Waals surface area contributed by atoms with Crippen molar-refractivity contribution in [3.05, 3.63) is 42.7 Å². The minimum Gasteiger partial charge on any atom is -0.489 e. The van der Waals surface area contributed by atoms with E-state index in [-0.39, 0.29) is 17.9 Å². The van der Waals surface area contributed by atoms with Crippen LogP contribution in [0.5, 0.6) is 5.75 Å². The molecule has 1 aromatic heterocycles. The lowest BCUT2D eigenvalue weighted by atomic mass is 10.2. The molecule has 2 atom stereocenters. The van der Waals surface area contributed by atoms with E-state index in [1.807, 2.05) is 25.1 Å². The van der Waals surface area contributed by atoms with Crippen LogP contribution >= 0.6 is 0 Å². The number of rotatable bonds is 6. The highest BCUT2D eigenvalue weighted by molar-refractivity contribution is 7.89. The first-order valence-corrected chi connectivity index (χ1v) is 9.41. The molecule has 1 amide bonds. The predicted octanol–water partition coefficient (Wildman–Crippen LogP) is 0.599. The van der Waals surface area contributed by atoms with Crippen molar-refractivity contribution in [1.82, 2.24) is 14.1 Å². The molecule has 1 saturated heterocycles. The number of aromatic nitrogens is 2. The van der Waals surface area contributed by atoms with Crippen LogP contribution in [0.1, 0.15) is 13.3 Å². The number of benzene rings is 1. The molecule has 1 fully saturated rings. The van der Waals surface area contributed by atoms with Gasteiger partial charge in [-0.15, -0.1) is 0 Å². The SMILES string of the molecule is CCn1cc(S(=O)(=O)N2C[C@@H](Oc3ccccc3)C[C@H]2C(N)=O)cn1. The molecule has 2 heterocycles. The van der Waals surface area contributed by atoms with Gasteiger partial charge in [-0.2, -0.15) is 9.40 Å². The van der Waals surface area contributed by atoms with Crippen molar-refractivity contribution in [3.8, 4) is 5.75 Å². The summed E-state index contributed by atoms with van der Waals surface area (Å²) in [5.74, 6) is -0.0700. The van der Waals surface area contributed by atoms with Gasteiger partial charge in [0.15, 0.2) is 0 Å². The fourth-order valence-corrected chi connectivity index (χ4v) is 4.45. The first-order valence-electron chi connectivity index (χ1n) is 7.97. The molecule has 2 aromatic rings. The largest absolute Gasteiger partial charge is 0.489 e. The van der Waals surface area contributed by atoms with Crippen LogP contribution in [0.2, 0.25) is 0 Å². The maximum atomic E-state index is 12.9. The smallest absolute Gasteiger partial charge is 0.247 e. The lowest BCUT2D eigenvalue weighted by Crippen LogP contribution is -2.43. The maximum Gasteiger partial charge on any atom is 0.247 e. The summed E-state index contributed by atoms with van der Waals surface area (Å²) in [5, 5.41) is 3.99. The van der Waals surface area contributed by atoms with E-state index in [1.54, 1.807) is 12.1 Å². The van der Waals surface area contributed by atoms with E-state index in [4.69, 9.17) is 10.5 Å². The number of carbonyl (C=O) groups excluding carboxylic acids is 1. The second kappa shape index (κ2) is 6.85. The summed E-state index contributed by atoms with van der Waals surface area (Å²) in [5.41, 5.74) is 5.43. The van der Waals surface area contributed by atoms with Gasteiger partial charge in [0.05, 0.1) is 12.7 Å². The summed E-state index contributed by atoms with van der Waals surface area (Å²) in [6.45, 7) is 2.46. The Morgan fingerprint density at radius 2 is 2.08 bits per heavy atom. The number of carbonyl (C=O) groups is 1. The van der Waals surface area contributed by atoms with E-state index in [0.717, 1.165) is 4.31 Å². The van der Waals surface area contributed by atoms with Crippen molar-refractivity contribution in [2.24, 2.45) is 5.73 Å². The third-order valence-electron chi connectivity index (χ3n) is 4.13. The van der Waals surface area contributed by atoms with E-state index in [1.165, 1.54) is 17.1 Å². The average Bonchev–Trinajstić information content (AvgIpc) is 3.23. The standard InChI is InChI=1S/C16H20N4O4S/c1-2-19-11-14(9-18-19)25(22,23)20-10-13(8-15(20)16(17)21)24-12-6-4-3-5-7-12/h3-7,9,11,13,15H,2,8,10H2,1H3,(H2,17,21)/t13-,15-/m0/s1. The molecule has 1 aliphatic heterocycles. The molecule has 3 rings (SSSR count). The van der Waals surface area contributed by atoms with Crippen molar-refractivity contribution < 1.29 is 17.9 Å². The first-order chi connectivity index (χ1) is 11.9. The Hall–Kier alpha value is -2.39. The monoisotopic (exact) mass is 364 g/mol. The van der Waals surface area contributed by atoms with E-state index in [0.29, 0.717) is 12.3 Å². The molecule has 2 N–H and O–H groups in total. The molecule has 0 spiro atoms. The van der Waals surface area contributed by atoms with Crippen LogP contribution in [0.4, 0.5) is 0 Å². The van der Waals surface area contributed by atoms with Gasteiger partial charge in [-0.1, -0.05) is 18.2 Å². The zero-order valence-electron chi connectivity index (χ0n) is 13.8. The van der Waals surface area contributed by atoms with Crippen LogP contribution in [0.25, 0.3) is 0 Å². The van der Waals surface area contributed by atoms with Gasteiger partial charge in [0.25, 0.3) is 0 Å². The number of primary amides is 1. The number of hydrogen-bond donors (Lipinski definition) is 1. The number of aryl methyl sites for hydroxylation is 1. The number of ether oxygens (including phenoxy) is 1. The Morgan fingerprint density at radius 1 is 1.36 bits per heavy atom. The molecule has 1 aliphatic rings. The number of amides is 1. The predicted molar refractivity (Wildman–Crippen MR) is 90.3 cm³/mol. The highest BCUT2D eigenvalue weighted by Gasteiger charge is 2.44. The number of sulfonamides is 1. The van der Waals surface area contributed by atoms with Crippen LogP contribution in [0.3, 0.4) is 0 Å². The number of hydrogen-bond acceptors (Lipinski definition) is 5. The molecule has 9 heteroatoms. The number of nitrogens with zero attached hydrogens (tertiary/aromatic N) is 3. The molecule has 0 aliphatic carbocycles. The molecular weight excluding hydrogens is 344 g/mol. The third kappa shape index (κ3) is 3.52. The van der Waals surface area contributed by atoms with Crippen molar-refractivity contribution in [2.45, 2.75) is 36.9 Å². The lowest BCUT2D eigenvalue weighted by Gasteiger charge is -2.20. The maximum absolute atomic E-state index is 12.9. The van der Waals surface area contributed by atoms with Gasteiger partial charge in [0.2, 0.25) is 15.9 Å². The molecule has 25 heavy (non-hydrogen) atoms. The van der Waals surface area contributed by atoms with Crippen molar-refractivity contribution in [3.63, 3.8) is 0 Å². The van der Waals surface area contributed by atoms with E-state index in [2.05, 4.69) is 5.10 Å². The van der Waals surface area contributed by atoms with Gasteiger partial charge in [-0.05, 0) is 19.1 Å². The van der Waals surface area contributed by atoms with Crippen LogP contribution in [0, 0.1) is 0 Å². The van der Waals surface area contributed by atoms with Crippen LogP contribution < -0.4 is 10.5 Å². The summed E-state index contributed by atoms with van der Waals surface area (Å²) >= 11 is 0. The summed E-state index contributed by atoms with van der Waals surface area (Å²) in [6, 6.07) is 8.12. The zero-order chi connectivity index (χ0) is 18.0. The Balaban J connectivity index is 1.84. The summed E-state index contributed by atoms with van der Waals surface area (Å²) in [4.78, 5) is 11.8. The molecule has 0 bridgehead atoms. The third-order valence-corrected chi connectivity index (χ3v) is 5.96. The average molecular weight is 364 g/mol. The van der Waals surface area contributed by atoms with Gasteiger partial charge in [-0.25, -0.2) is 8.42 Å². The molecule has 1 aromatic carbocycles. The Kier molecular flexibility index (Phi) is 4.78. The Labute approximate surface area is 146 Å². The lowest BCUT2D eigenvalue weighted by molar-refractivity contribution is -0.121. The van der Waals surface area contributed by atoms with Crippen molar-refractivity contribution in [1.29, 1.82) is 0 Å². The van der Waals surface area contributed by atoms with E-state index >= 15 is 0 Å². The van der Waals surface area contributed by atoms with Gasteiger partial charge in [-0.3, -0.25) is 9.48 Å². The highest BCUT2D eigenvalue weighted by Crippen LogP contribution is 2.28. The second-order valence-corrected chi connectivity index (χ2v) is 7.70. The Bertz CT molecular complexity index is 850. The highest BCUT2D eigenvalue weighted by atomic mass is 32.2. The van der Waals surface area contributed by atoms with E-state index < -0.39 is 28.1 Å². The normalized spacial score (nSPS) is 21.3. The van der Waals surface area contributed by atoms with Crippen LogP contribution in [-0.4, -0.2) is 47.1 Å². The van der Waals surface area contributed by atoms with E-state index in [9.17, 15) is 13.2 Å². The van der Waals surface area contributed by atoms with Gasteiger partial charge in [0.1, 0.15) is 22.8 Å². The summed E-state index contributed by atoms with van der Waals surface area (Å²) < 4.78 is 34.2. The minimum atomic E-state index is -3.88. The number of nitrogens with two attached hydrogens (primary N) is 1. The molecule has 8 nitrogen and oxygen atoms in total. The molecule has 0 unspecified atom stereocenters. The molecular formula is C16H20N4O4S. The van der Waals surface area contributed by atoms with Crippen LogP contribution in [-0.2, 0) is 21.4 Å². The Morgan fingerprint density at radius 3 is 2.68 bits per heavy atom. The summed E-state index contributed by atoms with van der Waals surface area (Å²) in [7, 11) is -3.88. The second-order valence-electron chi connectivity index (χ2n) is 5.81. The first kappa shape index (κ1) is 17.4. The van der Waals surface area contributed by atoms with Crippen molar-refractivity contribution in [2.75, 3.05) is 6.54 Å². The van der Waals surface area contributed by atoms with Crippen LogP contribution in [0.15, 0.2) is 47.6 Å². The fourth-order valence-electron chi connectivity index (χ4n) is 2.86. The molecule has 134 valence electrons. The molecule has 0 radical (unpaired) electrons. The quantitative estimate of drug-likeness (QED) is 0.807. The van der Waals surface area contributed by atoms with Gasteiger partial charge < -0.3 is 10.5 Å². The van der Waals surface area contributed by atoms with Crippen molar-refractivity contribution >= 4 is 15.9 Å². The zero-order valence-corrected chi connectivity index (χ0v) is 14.6. The van der Waals surface area contributed by atoms with Gasteiger partial charge in [0, 0.05) is 19.2 Å². The number of para-hydroxylation sites is 1.